The van der Waals surface area contributed by atoms with Gasteiger partial charge in [0.25, 0.3) is 5.91 Å². The Morgan fingerprint density at radius 1 is 1.09 bits per heavy atom. The molecule has 2 aromatic heterocycles. The third-order valence-electron chi connectivity index (χ3n) is 6.23. The van der Waals surface area contributed by atoms with Gasteiger partial charge in [0.2, 0.25) is 0 Å². The molecule has 1 amide bonds. The van der Waals surface area contributed by atoms with Crippen LogP contribution in [0.25, 0.3) is 11.1 Å². The van der Waals surface area contributed by atoms with Gasteiger partial charge in [-0.1, -0.05) is 56.4 Å². The van der Waals surface area contributed by atoms with Crippen molar-refractivity contribution in [1.29, 1.82) is 0 Å². The van der Waals surface area contributed by atoms with Crippen molar-refractivity contribution in [2.75, 3.05) is 0 Å². The molecule has 0 unspecified atom stereocenters. The number of nitrogens with one attached hydrogen (secondary N) is 1. The van der Waals surface area contributed by atoms with Gasteiger partial charge in [0.05, 0.1) is 5.69 Å². The third kappa shape index (κ3) is 6.18. The molecule has 0 radical (unpaired) electrons. The highest BCUT2D eigenvalue weighted by atomic mass is 16.1. The van der Waals surface area contributed by atoms with Crippen LogP contribution in [0.1, 0.15) is 90.6 Å². The average molecular weight is 450 g/mol. The zero-order chi connectivity index (χ0) is 24.0. The molecule has 33 heavy (non-hydrogen) atoms. The maximum atomic E-state index is 12.4. The Hall–Kier alpha value is -3.22. The average Bonchev–Trinajstić information content (AvgIpc) is 3.42. The lowest BCUT2D eigenvalue weighted by molar-refractivity contribution is 0.0948. The molecule has 0 saturated heterocycles. The molecule has 0 atom stereocenters. The normalized spacial score (nSPS) is 14.1. The van der Waals surface area contributed by atoms with Crippen molar-refractivity contribution in [1.82, 2.24) is 20.0 Å². The summed E-state index contributed by atoms with van der Waals surface area (Å²) in [6.07, 6.45) is 8.63. The molecule has 7 nitrogen and oxygen atoms in total. The number of H-pyrrole nitrogens is 1. The minimum absolute atomic E-state index is 0.174. The SMILES string of the molecule is CC(C)n1nccc1C(N)=O.Cc1n[nH]c(C)c1-c1ccc(C(=O)CC2CCCCC2)cc1. The lowest BCUT2D eigenvalue weighted by Crippen LogP contribution is -2.18. The van der Waals surface area contributed by atoms with Crippen molar-refractivity contribution in [3.63, 3.8) is 0 Å². The molecule has 0 spiro atoms. The number of carbonyl (C=O) groups is 2. The van der Waals surface area contributed by atoms with E-state index in [0.29, 0.717) is 23.8 Å². The number of aromatic nitrogens is 4. The summed E-state index contributed by atoms with van der Waals surface area (Å²) in [5, 5.41) is 11.2. The number of benzene rings is 1. The highest BCUT2D eigenvalue weighted by Gasteiger charge is 2.18. The minimum Gasteiger partial charge on any atom is -0.364 e. The molecule has 0 bridgehead atoms. The van der Waals surface area contributed by atoms with Crippen molar-refractivity contribution >= 4 is 11.7 Å². The van der Waals surface area contributed by atoms with E-state index in [-0.39, 0.29) is 6.04 Å². The fourth-order valence-corrected chi connectivity index (χ4v) is 4.49. The molecule has 176 valence electrons. The number of hydrogen-bond acceptors (Lipinski definition) is 4. The lowest BCUT2D eigenvalue weighted by atomic mass is 9.84. The second kappa shape index (κ2) is 11.1. The second-order valence-electron chi connectivity index (χ2n) is 9.14. The zero-order valence-electron chi connectivity index (χ0n) is 20.1. The van der Waals surface area contributed by atoms with Gasteiger partial charge in [0.1, 0.15) is 5.69 Å². The monoisotopic (exact) mass is 449 g/mol. The topological polar surface area (TPSA) is 107 Å². The predicted molar refractivity (Wildman–Crippen MR) is 130 cm³/mol. The number of primary amides is 1. The first-order valence-corrected chi connectivity index (χ1v) is 11.8. The molecule has 1 aromatic carbocycles. The number of aryl methyl sites for hydroxylation is 2. The molecule has 3 aromatic rings. The number of ketones is 1. The summed E-state index contributed by atoms with van der Waals surface area (Å²) < 4.78 is 1.60. The molecular weight excluding hydrogens is 414 g/mol. The first-order chi connectivity index (χ1) is 15.8. The van der Waals surface area contributed by atoms with Gasteiger partial charge >= 0.3 is 0 Å². The van der Waals surface area contributed by atoms with Crippen LogP contribution in [0.3, 0.4) is 0 Å². The van der Waals surface area contributed by atoms with Crippen molar-refractivity contribution in [2.45, 2.75) is 72.3 Å². The van der Waals surface area contributed by atoms with Crippen LogP contribution in [0.5, 0.6) is 0 Å². The largest absolute Gasteiger partial charge is 0.364 e. The summed E-state index contributed by atoms with van der Waals surface area (Å²) >= 11 is 0. The molecule has 1 fully saturated rings. The summed E-state index contributed by atoms with van der Waals surface area (Å²) in [4.78, 5) is 23.2. The van der Waals surface area contributed by atoms with Crippen molar-refractivity contribution in [3.8, 4) is 11.1 Å². The molecule has 4 rings (SSSR count). The van der Waals surface area contributed by atoms with Crippen molar-refractivity contribution in [3.05, 3.63) is 59.2 Å². The fourth-order valence-electron chi connectivity index (χ4n) is 4.49. The molecule has 0 aliphatic heterocycles. The molecular formula is C26H35N5O2. The molecule has 7 heteroatoms. The summed E-state index contributed by atoms with van der Waals surface area (Å²) in [7, 11) is 0. The number of Topliss-reactive ketones (excluding diaryl/α,β-unsaturated/α-hetero) is 1. The van der Waals surface area contributed by atoms with E-state index in [4.69, 9.17) is 5.73 Å². The van der Waals surface area contributed by atoms with Gasteiger partial charge in [-0.2, -0.15) is 10.2 Å². The van der Waals surface area contributed by atoms with Crippen LogP contribution in [-0.2, 0) is 0 Å². The maximum Gasteiger partial charge on any atom is 0.266 e. The standard InChI is InChI=1S/C19H24N2O.C7H11N3O/c1-13-19(14(2)21-20-13)17-10-8-16(9-11-17)18(22)12-15-6-4-3-5-7-15;1-5(2)10-6(7(8)11)3-4-9-10/h8-11,15H,3-7,12H2,1-2H3,(H,20,21);3-5H,1-2H3,(H2,8,11). The van der Waals surface area contributed by atoms with Gasteiger partial charge in [-0.15, -0.1) is 0 Å². The van der Waals surface area contributed by atoms with Crippen LogP contribution in [0.2, 0.25) is 0 Å². The van der Waals surface area contributed by atoms with Crippen LogP contribution < -0.4 is 5.73 Å². The zero-order valence-corrected chi connectivity index (χ0v) is 20.1. The van der Waals surface area contributed by atoms with E-state index in [1.807, 2.05) is 52.0 Å². The lowest BCUT2D eigenvalue weighted by Gasteiger charge is -2.20. The van der Waals surface area contributed by atoms with Gasteiger partial charge in [-0.3, -0.25) is 19.4 Å². The molecule has 2 heterocycles. The van der Waals surface area contributed by atoms with E-state index >= 15 is 0 Å². The Morgan fingerprint density at radius 2 is 1.76 bits per heavy atom. The van der Waals surface area contributed by atoms with Crippen LogP contribution >= 0.6 is 0 Å². The summed E-state index contributed by atoms with van der Waals surface area (Å²) in [5.74, 6) is 0.453. The minimum atomic E-state index is -0.434. The highest BCUT2D eigenvalue weighted by molar-refractivity contribution is 5.96. The Kier molecular flexibility index (Phi) is 8.20. The number of nitrogens with zero attached hydrogens (tertiary/aromatic N) is 3. The first kappa shape index (κ1) is 24.4. The van der Waals surface area contributed by atoms with Crippen LogP contribution in [0.15, 0.2) is 36.5 Å². The van der Waals surface area contributed by atoms with E-state index in [1.165, 1.54) is 32.1 Å². The third-order valence-corrected chi connectivity index (χ3v) is 6.23. The van der Waals surface area contributed by atoms with Crippen LogP contribution in [0.4, 0.5) is 0 Å². The fraction of sp³-hybridized carbons (Fsp3) is 0.462. The number of hydrogen-bond donors (Lipinski definition) is 2. The second-order valence-corrected chi connectivity index (χ2v) is 9.14. The Morgan fingerprint density at radius 3 is 2.27 bits per heavy atom. The Bertz CT molecular complexity index is 1050. The van der Waals surface area contributed by atoms with Crippen molar-refractivity contribution < 1.29 is 9.59 Å². The van der Waals surface area contributed by atoms with Crippen molar-refractivity contribution in [2.24, 2.45) is 11.7 Å². The van der Waals surface area contributed by atoms with Gasteiger partial charge in [0.15, 0.2) is 5.78 Å². The summed E-state index contributed by atoms with van der Waals surface area (Å²) in [6, 6.07) is 9.80. The first-order valence-electron chi connectivity index (χ1n) is 11.8. The van der Waals surface area contributed by atoms with Gasteiger partial charge in [0, 0.05) is 35.5 Å². The smallest absolute Gasteiger partial charge is 0.266 e. The van der Waals surface area contributed by atoms with E-state index in [1.54, 1.807) is 16.9 Å². The molecule has 1 aliphatic carbocycles. The van der Waals surface area contributed by atoms with E-state index in [9.17, 15) is 9.59 Å². The van der Waals surface area contributed by atoms with Crippen LogP contribution in [0, 0.1) is 19.8 Å². The summed E-state index contributed by atoms with van der Waals surface area (Å²) in [6.45, 7) is 7.91. The number of nitrogens with two attached hydrogens (primary N) is 1. The Labute approximate surface area is 195 Å². The number of carbonyl (C=O) groups excluding carboxylic acids is 2. The number of aromatic amines is 1. The molecule has 1 aliphatic rings. The predicted octanol–water partition coefficient (Wildman–Crippen LogP) is 5.41. The Balaban J connectivity index is 0.000000235. The summed E-state index contributed by atoms with van der Waals surface area (Å²) in [5.41, 5.74) is 10.7. The number of rotatable bonds is 6. The quantitative estimate of drug-likeness (QED) is 0.491. The molecule has 3 N–H and O–H groups in total. The van der Waals surface area contributed by atoms with Gasteiger partial charge in [-0.05, 0) is 45.2 Å². The highest BCUT2D eigenvalue weighted by Crippen LogP contribution is 2.29. The van der Waals surface area contributed by atoms with E-state index < -0.39 is 5.91 Å². The van der Waals surface area contributed by atoms with E-state index in [2.05, 4.69) is 15.3 Å². The van der Waals surface area contributed by atoms with Gasteiger partial charge in [-0.25, -0.2) is 0 Å². The van der Waals surface area contributed by atoms with Gasteiger partial charge < -0.3 is 5.73 Å². The molecule has 1 saturated carbocycles. The number of amides is 1. The maximum absolute atomic E-state index is 12.4. The van der Waals surface area contributed by atoms with E-state index in [0.717, 1.165) is 28.1 Å². The van der Waals surface area contributed by atoms with Crippen LogP contribution in [-0.4, -0.2) is 31.7 Å².